The number of hydrogen-bond acceptors (Lipinski definition) is 3. The Balaban J connectivity index is 2.28. The van der Waals surface area contributed by atoms with Crippen molar-refractivity contribution >= 4 is 5.69 Å². The van der Waals surface area contributed by atoms with Gasteiger partial charge in [0.2, 0.25) is 5.88 Å². The van der Waals surface area contributed by atoms with Crippen LogP contribution in [0.4, 0.5) is 10.1 Å². The first-order chi connectivity index (χ1) is 8.06. The maximum atomic E-state index is 13.1. The zero-order valence-electron chi connectivity index (χ0n) is 9.70. The van der Waals surface area contributed by atoms with Gasteiger partial charge in [0.1, 0.15) is 11.6 Å². The van der Waals surface area contributed by atoms with Crippen LogP contribution in [-0.2, 0) is 0 Å². The van der Waals surface area contributed by atoms with Crippen LogP contribution in [0.1, 0.15) is 11.1 Å². The third-order valence-electron chi connectivity index (χ3n) is 2.40. The number of aryl methyl sites for hydroxylation is 2. The average Bonchev–Trinajstić information content (AvgIpc) is 2.27. The highest BCUT2D eigenvalue weighted by Gasteiger charge is 2.05. The first kappa shape index (κ1) is 11.4. The van der Waals surface area contributed by atoms with Gasteiger partial charge in [-0.2, -0.15) is 0 Å². The molecule has 0 aliphatic carbocycles. The monoisotopic (exact) mass is 232 g/mol. The number of hydrogen-bond donors (Lipinski definition) is 1. The molecule has 0 spiro atoms. The van der Waals surface area contributed by atoms with Crippen molar-refractivity contribution in [2.24, 2.45) is 0 Å². The number of pyridine rings is 1. The number of halogens is 1. The summed E-state index contributed by atoms with van der Waals surface area (Å²) in [5.74, 6) is 0.786. The Morgan fingerprint density at radius 1 is 1.18 bits per heavy atom. The fourth-order valence-corrected chi connectivity index (χ4v) is 1.48. The maximum absolute atomic E-state index is 13.1. The highest BCUT2D eigenvalue weighted by Crippen LogP contribution is 2.25. The number of nitrogens with zero attached hydrogens (tertiary/aromatic N) is 1. The number of rotatable bonds is 2. The Labute approximate surface area is 99.1 Å². The van der Waals surface area contributed by atoms with Crippen LogP contribution in [0.15, 0.2) is 30.5 Å². The highest BCUT2D eigenvalue weighted by atomic mass is 19.1. The van der Waals surface area contributed by atoms with E-state index in [1.165, 1.54) is 12.3 Å². The second kappa shape index (κ2) is 4.41. The van der Waals surface area contributed by atoms with Crippen molar-refractivity contribution in [2.75, 3.05) is 5.73 Å². The molecule has 0 saturated heterocycles. The van der Waals surface area contributed by atoms with Crippen molar-refractivity contribution in [3.63, 3.8) is 0 Å². The Hall–Kier alpha value is -2.10. The molecule has 0 unspecified atom stereocenters. The number of ether oxygens (including phenoxy) is 1. The van der Waals surface area contributed by atoms with E-state index in [2.05, 4.69) is 4.98 Å². The van der Waals surface area contributed by atoms with Gasteiger partial charge in [0.15, 0.2) is 0 Å². The molecule has 1 heterocycles. The topological polar surface area (TPSA) is 48.1 Å². The minimum atomic E-state index is -0.251. The van der Waals surface area contributed by atoms with Gasteiger partial charge in [0.25, 0.3) is 0 Å². The Bertz CT molecular complexity index is 555. The molecule has 2 rings (SSSR count). The normalized spacial score (nSPS) is 10.3. The zero-order valence-corrected chi connectivity index (χ0v) is 9.70. The molecule has 0 bridgehead atoms. The lowest BCUT2D eigenvalue weighted by Crippen LogP contribution is -1.94. The third-order valence-corrected chi connectivity index (χ3v) is 2.40. The number of anilines is 1. The quantitative estimate of drug-likeness (QED) is 0.864. The molecule has 0 saturated carbocycles. The summed E-state index contributed by atoms with van der Waals surface area (Å²) in [5.41, 5.74) is 7.56. The molecule has 4 heteroatoms. The minimum Gasteiger partial charge on any atom is -0.439 e. The van der Waals surface area contributed by atoms with Crippen molar-refractivity contribution in [3.8, 4) is 11.6 Å². The minimum absolute atomic E-state index is 0.251. The molecule has 0 fully saturated rings. The SMILES string of the molecule is Cc1cc(Oc2ncc(N)cc2C)ccc1F. The lowest BCUT2D eigenvalue weighted by molar-refractivity contribution is 0.457. The summed E-state index contributed by atoms with van der Waals surface area (Å²) in [6, 6.07) is 6.35. The zero-order chi connectivity index (χ0) is 12.4. The van der Waals surface area contributed by atoms with E-state index in [1.807, 2.05) is 6.92 Å². The van der Waals surface area contributed by atoms with Crippen LogP contribution in [0.25, 0.3) is 0 Å². The molecule has 88 valence electrons. The van der Waals surface area contributed by atoms with Crippen molar-refractivity contribution in [2.45, 2.75) is 13.8 Å². The van der Waals surface area contributed by atoms with Gasteiger partial charge in [-0.25, -0.2) is 9.37 Å². The van der Waals surface area contributed by atoms with Crippen molar-refractivity contribution in [1.82, 2.24) is 4.98 Å². The van der Waals surface area contributed by atoms with Crippen LogP contribution in [0, 0.1) is 19.7 Å². The molecule has 2 N–H and O–H groups in total. The third kappa shape index (κ3) is 2.53. The van der Waals surface area contributed by atoms with Crippen molar-refractivity contribution in [3.05, 3.63) is 47.4 Å². The fourth-order valence-electron chi connectivity index (χ4n) is 1.48. The Morgan fingerprint density at radius 3 is 2.59 bits per heavy atom. The summed E-state index contributed by atoms with van der Waals surface area (Å²) < 4.78 is 18.6. The van der Waals surface area contributed by atoms with Crippen molar-refractivity contribution < 1.29 is 9.13 Å². The maximum Gasteiger partial charge on any atom is 0.222 e. The molecule has 1 aromatic heterocycles. The lowest BCUT2D eigenvalue weighted by atomic mass is 10.2. The molecule has 0 aliphatic rings. The number of benzene rings is 1. The van der Waals surface area contributed by atoms with E-state index in [4.69, 9.17) is 10.5 Å². The Kier molecular flexibility index (Phi) is 2.95. The standard InChI is InChI=1S/C13H13FN2O/c1-8-6-11(3-4-12(8)14)17-13-9(2)5-10(15)7-16-13/h3-7H,15H2,1-2H3. The van der Waals surface area contributed by atoms with Crippen LogP contribution in [0.5, 0.6) is 11.6 Å². The number of aromatic nitrogens is 1. The first-order valence-corrected chi connectivity index (χ1v) is 5.22. The van der Waals surface area contributed by atoms with Crippen LogP contribution in [0.3, 0.4) is 0 Å². The second-order valence-electron chi connectivity index (χ2n) is 3.90. The number of nitrogen functional groups attached to an aromatic ring is 1. The van der Waals surface area contributed by atoms with Crippen LogP contribution < -0.4 is 10.5 Å². The van der Waals surface area contributed by atoms with Gasteiger partial charge in [-0.15, -0.1) is 0 Å². The summed E-state index contributed by atoms with van der Waals surface area (Å²) in [4.78, 5) is 4.08. The number of nitrogens with two attached hydrogens (primary N) is 1. The van der Waals surface area contributed by atoms with E-state index in [-0.39, 0.29) is 5.82 Å². The van der Waals surface area contributed by atoms with E-state index < -0.39 is 0 Å². The smallest absolute Gasteiger partial charge is 0.222 e. The summed E-state index contributed by atoms with van der Waals surface area (Å²) in [6.07, 6.45) is 1.53. The van der Waals surface area contributed by atoms with Crippen LogP contribution in [-0.4, -0.2) is 4.98 Å². The van der Waals surface area contributed by atoms with Crippen LogP contribution in [0.2, 0.25) is 0 Å². The molecule has 3 nitrogen and oxygen atoms in total. The molecular formula is C13H13FN2O. The van der Waals surface area contributed by atoms with E-state index in [1.54, 1.807) is 25.1 Å². The second-order valence-corrected chi connectivity index (χ2v) is 3.90. The molecule has 0 atom stereocenters. The molecule has 0 amide bonds. The van der Waals surface area contributed by atoms with Gasteiger partial charge in [-0.05, 0) is 43.7 Å². The summed E-state index contributed by atoms with van der Waals surface area (Å²) in [6.45, 7) is 3.54. The first-order valence-electron chi connectivity index (χ1n) is 5.22. The highest BCUT2D eigenvalue weighted by molar-refractivity contribution is 5.43. The van der Waals surface area contributed by atoms with Gasteiger partial charge in [-0.1, -0.05) is 0 Å². The predicted octanol–water partition coefficient (Wildman–Crippen LogP) is 3.21. The summed E-state index contributed by atoms with van der Waals surface area (Å²) >= 11 is 0. The average molecular weight is 232 g/mol. The van der Waals surface area contributed by atoms with Crippen LogP contribution >= 0.6 is 0 Å². The Morgan fingerprint density at radius 2 is 1.94 bits per heavy atom. The summed E-state index contributed by atoms with van der Waals surface area (Å²) in [7, 11) is 0. The molecule has 2 aromatic rings. The lowest BCUT2D eigenvalue weighted by Gasteiger charge is -2.08. The van der Waals surface area contributed by atoms with E-state index in [0.29, 0.717) is 22.9 Å². The van der Waals surface area contributed by atoms with Gasteiger partial charge in [-0.3, -0.25) is 0 Å². The van der Waals surface area contributed by atoms with Crippen molar-refractivity contribution in [1.29, 1.82) is 0 Å². The van der Waals surface area contributed by atoms with E-state index in [9.17, 15) is 4.39 Å². The molecular weight excluding hydrogens is 219 g/mol. The largest absolute Gasteiger partial charge is 0.439 e. The van der Waals surface area contributed by atoms with E-state index >= 15 is 0 Å². The van der Waals surface area contributed by atoms with Gasteiger partial charge < -0.3 is 10.5 Å². The molecule has 1 aromatic carbocycles. The van der Waals surface area contributed by atoms with E-state index in [0.717, 1.165) is 5.56 Å². The predicted molar refractivity (Wildman–Crippen MR) is 64.6 cm³/mol. The van der Waals surface area contributed by atoms with Gasteiger partial charge in [0.05, 0.1) is 11.9 Å². The van der Waals surface area contributed by atoms with Gasteiger partial charge >= 0.3 is 0 Å². The summed E-state index contributed by atoms with van der Waals surface area (Å²) in [5, 5.41) is 0. The van der Waals surface area contributed by atoms with Gasteiger partial charge in [0, 0.05) is 5.56 Å². The molecule has 0 aliphatic heterocycles. The molecule has 17 heavy (non-hydrogen) atoms. The molecule has 0 radical (unpaired) electrons. The fraction of sp³-hybridized carbons (Fsp3) is 0.154.